The lowest BCUT2D eigenvalue weighted by atomic mass is 10.1. The first kappa shape index (κ1) is 18.1. The predicted octanol–water partition coefficient (Wildman–Crippen LogP) is 2.66. The van der Waals surface area contributed by atoms with Gasteiger partial charge in [0.15, 0.2) is 0 Å². The van der Waals surface area contributed by atoms with Crippen molar-refractivity contribution in [1.29, 1.82) is 5.26 Å². The minimum Gasteiger partial charge on any atom is -0.497 e. The van der Waals surface area contributed by atoms with Crippen molar-refractivity contribution in [2.24, 2.45) is 0 Å². The molecule has 0 saturated heterocycles. The largest absolute Gasteiger partial charge is 0.497 e. The molecule has 1 aliphatic heterocycles. The molecule has 1 aromatic heterocycles. The van der Waals surface area contributed by atoms with E-state index in [0.29, 0.717) is 18.7 Å². The van der Waals surface area contributed by atoms with Gasteiger partial charge in [-0.25, -0.2) is 4.68 Å². The number of hydrogen-bond acceptors (Lipinski definition) is 4. The molecular weight excluding hydrogens is 352 g/mol. The van der Waals surface area contributed by atoms with Gasteiger partial charge in [0.05, 0.1) is 30.9 Å². The summed E-state index contributed by atoms with van der Waals surface area (Å²) in [5.74, 6) is 0.787. The van der Waals surface area contributed by atoms with E-state index >= 15 is 0 Å². The molecule has 2 aromatic carbocycles. The summed E-state index contributed by atoms with van der Waals surface area (Å²) in [7, 11) is 1.64. The summed E-state index contributed by atoms with van der Waals surface area (Å²) >= 11 is 0. The molecule has 0 bridgehead atoms. The van der Waals surface area contributed by atoms with Crippen molar-refractivity contribution in [2.45, 2.75) is 26.1 Å². The fourth-order valence-corrected chi connectivity index (χ4v) is 3.66. The molecule has 0 spiro atoms. The second kappa shape index (κ2) is 7.75. The average molecular weight is 374 g/mol. The number of aromatic nitrogens is 2. The second-order valence-corrected chi connectivity index (χ2v) is 7.08. The molecule has 142 valence electrons. The van der Waals surface area contributed by atoms with Gasteiger partial charge in [0.2, 0.25) is 0 Å². The van der Waals surface area contributed by atoms with Crippen LogP contribution in [0.5, 0.6) is 5.75 Å². The van der Waals surface area contributed by atoms with Gasteiger partial charge < -0.3 is 4.74 Å². The highest BCUT2D eigenvalue weighted by Crippen LogP contribution is 2.18. The molecule has 0 atom stereocenters. The predicted molar refractivity (Wildman–Crippen MR) is 106 cm³/mol. The maximum atomic E-state index is 12.9. The van der Waals surface area contributed by atoms with Crippen LogP contribution >= 0.6 is 0 Å². The van der Waals surface area contributed by atoms with Crippen molar-refractivity contribution in [1.82, 2.24) is 14.7 Å². The van der Waals surface area contributed by atoms with E-state index in [1.165, 1.54) is 0 Å². The summed E-state index contributed by atoms with van der Waals surface area (Å²) in [5, 5.41) is 12.2. The van der Waals surface area contributed by atoms with Gasteiger partial charge in [0.25, 0.3) is 5.56 Å². The number of nitrogens with one attached hydrogen (secondary N) is 1. The quantitative estimate of drug-likeness (QED) is 0.745. The average Bonchev–Trinajstić information content (AvgIpc) is 3.04. The maximum Gasteiger partial charge on any atom is 0.271 e. The fraction of sp³-hybridized carbons (Fsp3) is 0.273. The van der Waals surface area contributed by atoms with E-state index in [0.717, 1.165) is 47.6 Å². The van der Waals surface area contributed by atoms with E-state index in [1.54, 1.807) is 11.8 Å². The molecule has 1 aliphatic rings. The summed E-state index contributed by atoms with van der Waals surface area (Å²) in [6.45, 7) is 2.80. The zero-order valence-electron chi connectivity index (χ0n) is 15.8. The van der Waals surface area contributed by atoms with Gasteiger partial charge in [-0.1, -0.05) is 24.3 Å². The van der Waals surface area contributed by atoms with Gasteiger partial charge >= 0.3 is 0 Å². The topological polar surface area (TPSA) is 74.0 Å². The zero-order valence-corrected chi connectivity index (χ0v) is 15.8. The van der Waals surface area contributed by atoms with Crippen molar-refractivity contribution < 1.29 is 4.74 Å². The standard InChI is InChI=1S/C22H22N4O2/c1-28-19-4-2-3-18(11-19)14-26-22(27)20-15-25(10-9-21(20)24-26)13-17-7-5-16(12-23)6-8-17/h2-8,11,24H,9-10,13-15H2,1H3. The van der Waals surface area contributed by atoms with Gasteiger partial charge in [-0.2, -0.15) is 5.26 Å². The Morgan fingerprint density at radius 1 is 1.14 bits per heavy atom. The Morgan fingerprint density at radius 2 is 1.96 bits per heavy atom. The summed E-state index contributed by atoms with van der Waals surface area (Å²) in [5.41, 5.74) is 4.76. The van der Waals surface area contributed by atoms with Crippen LogP contribution in [0, 0.1) is 11.3 Å². The Labute approximate surface area is 163 Å². The number of methoxy groups -OCH3 is 1. The molecular formula is C22H22N4O2. The molecule has 0 aliphatic carbocycles. The lowest BCUT2D eigenvalue weighted by molar-refractivity contribution is 0.244. The SMILES string of the molecule is COc1cccc(Cn2[nH]c3c(c2=O)CN(Cc2ccc(C#N)cc2)CC3)c1. The Hall–Kier alpha value is -3.30. The number of rotatable bonds is 5. The molecule has 3 aromatic rings. The third-order valence-electron chi connectivity index (χ3n) is 5.16. The van der Waals surface area contributed by atoms with Crippen LogP contribution in [0.4, 0.5) is 0 Å². The van der Waals surface area contributed by atoms with E-state index in [9.17, 15) is 4.79 Å². The fourth-order valence-electron chi connectivity index (χ4n) is 3.66. The van der Waals surface area contributed by atoms with E-state index in [1.807, 2.05) is 48.5 Å². The molecule has 0 unspecified atom stereocenters. The van der Waals surface area contributed by atoms with Crippen LogP contribution in [0.2, 0.25) is 0 Å². The van der Waals surface area contributed by atoms with Gasteiger partial charge in [0.1, 0.15) is 5.75 Å². The summed E-state index contributed by atoms with van der Waals surface area (Å²) in [6.07, 6.45) is 0.825. The van der Waals surface area contributed by atoms with Crippen LogP contribution in [0.15, 0.2) is 53.3 Å². The van der Waals surface area contributed by atoms with Crippen LogP contribution in [0.25, 0.3) is 0 Å². The number of benzene rings is 2. The minimum absolute atomic E-state index is 0.0438. The van der Waals surface area contributed by atoms with E-state index in [4.69, 9.17) is 10.00 Å². The molecule has 2 heterocycles. The highest BCUT2D eigenvalue weighted by molar-refractivity contribution is 5.32. The summed E-state index contributed by atoms with van der Waals surface area (Å²) in [4.78, 5) is 15.2. The van der Waals surface area contributed by atoms with Gasteiger partial charge in [-0.3, -0.25) is 14.8 Å². The van der Waals surface area contributed by atoms with Crippen LogP contribution in [0.3, 0.4) is 0 Å². The number of hydrogen-bond donors (Lipinski definition) is 1. The number of nitriles is 1. The number of nitrogens with zero attached hydrogens (tertiary/aromatic N) is 3. The monoisotopic (exact) mass is 374 g/mol. The summed E-state index contributed by atoms with van der Waals surface area (Å²) in [6, 6.07) is 17.5. The van der Waals surface area contributed by atoms with Crippen molar-refractivity contribution in [3.05, 3.63) is 86.8 Å². The smallest absolute Gasteiger partial charge is 0.271 e. The molecule has 0 saturated carbocycles. The molecule has 0 fully saturated rings. The first-order valence-electron chi connectivity index (χ1n) is 9.31. The van der Waals surface area contributed by atoms with Crippen molar-refractivity contribution >= 4 is 0 Å². The second-order valence-electron chi connectivity index (χ2n) is 7.08. The Bertz CT molecular complexity index is 1070. The number of fused-ring (bicyclic) bond motifs is 1. The number of aromatic amines is 1. The van der Waals surface area contributed by atoms with Crippen molar-refractivity contribution in [2.75, 3.05) is 13.7 Å². The molecule has 6 heteroatoms. The van der Waals surface area contributed by atoms with Gasteiger partial charge in [-0.05, 0) is 35.4 Å². The van der Waals surface area contributed by atoms with Gasteiger partial charge in [0, 0.05) is 31.7 Å². The summed E-state index contributed by atoms with van der Waals surface area (Å²) < 4.78 is 6.95. The van der Waals surface area contributed by atoms with E-state index < -0.39 is 0 Å². The van der Waals surface area contributed by atoms with Gasteiger partial charge in [-0.15, -0.1) is 0 Å². The normalized spacial score (nSPS) is 13.7. The van der Waals surface area contributed by atoms with E-state index in [-0.39, 0.29) is 5.56 Å². The molecule has 28 heavy (non-hydrogen) atoms. The molecule has 4 rings (SSSR count). The highest BCUT2D eigenvalue weighted by atomic mass is 16.5. The highest BCUT2D eigenvalue weighted by Gasteiger charge is 2.22. The third kappa shape index (κ3) is 3.71. The van der Waals surface area contributed by atoms with Crippen LogP contribution in [-0.4, -0.2) is 28.3 Å². The molecule has 6 nitrogen and oxygen atoms in total. The van der Waals surface area contributed by atoms with E-state index in [2.05, 4.69) is 16.1 Å². The van der Waals surface area contributed by atoms with Crippen LogP contribution < -0.4 is 10.3 Å². The first-order chi connectivity index (χ1) is 13.7. The lowest BCUT2D eigenvalue weighted by Gasteiger charge is -2.25. The van der Waals surface area contributed by atoms with Crippen LogP contribution in [0.1, 0.15) is 27.9 Å². The molecule has 0 amide bonds. The van der Waals surface area contributed by atoms with Crippen LogP contribution in [-0.2, 0) is 26.1 Å². The minimum atomic E-state index is 0.0438. The Balaban J connectivity index is 1.49. The third-order valence-corrected chi connectivity index (χ3v) is 5.16. The van der Waals surface area contributed by atoms with Crippen molar-refractivity contribution in [3.8, 4) is 11.8 Å². The Morgan fingerprint density at radius 3 is 2.71 bits per heavy atom. The van der Waals surface area contributed by atoms with Crippen molar-refractivity contribution in [3.63, 3.8) is 0 Å². The number of ether oxygens (including phenoxy) is 1. The number of H-pyrrole nitrogens is 1. The Kier molecular flexibility index (Phi) is 5.00. The molecule has 1 N–H and O–H groups in total. The zero-order chi connectivity index (χ0) is 19.5. The first-order valence-corrected chi connectivity index (χ1v) is 9.31. The molecule has 0 radical (unpaired) electrons. The maximum absolute atomic E-state index is 12.9. The lowest BCUT2D eigenvalue weighted by Crippen LogP contribution is -2.32.